The number of esters is 1. The Morgan fingerprint density at radius 3 is 2.24 bits per heavy atom. The van der Waals surface area contributed by atoms with Crippen molar-refractivity contribution in [3.63, 3.8) is 0 Å². The van der Waals surface area contributed by atoms with E-state index in [1.165, 1.54) is 0 Å². The summed E-state index contributed by atoms with van der Waals surface area (Å²) in [5.74, 6) is -3.23. The lowest BCUT2D eigenvalue weighted by Gasteiger charge is -2.18. The molecule has 0 aromatic carbocycles. The summed E-state index contributed by atoms with van der Waals surface area (Å²) >= 11 is 0. The molecule has 0 aliphatic carbocycles. The van der Waals surface area contributed by atoms with E-state index >= 15 is 0 Å². The van der Waals surface area contributed by atoms with Crippen LogP contribution in [0.5, 0.6) is 5.88 Å². The Morgan fingerprint density at radius 2 is 1.86 bits per heavy atom. The number of carbonyl (C=O) groups excluding carboxylic acids is 1. The third-order valence-corrected chi connectivity index (χ3v) is 2.23. The third kappa shape index (κ3) is 3.97. The van der Waals surface area contributed by atoms with Gasteiger partial charge in [0.1, 0.15) is 5.56 Å². The van der Waals surface area contributed by atoms with Crippen LogP contribution in [0.1, 0.15) is 21.5 Å². The molecule has 2 N–H and O–H groups in total. The minimum Gasteiger partial charge on any atom is -0.465 e. The number of alkyl halides is 6. The molecule has 0 bridgehead atoms. The molecule has 1 heterocycles. The van der Waals surface area contributed by atoms with Gasteiger partial charge in [0, 0.05) is 12.7 Å². The van der Waals surface area contributed by atoms with Crippen molar-refractivity contribution in [2.45, 2.75) is 19.1 Å². The predicted octanol–water partition coefficient (Wildman–Crippen LogP) is 2.24. The van der Waals surface area contributed by atoms with Crippen molar-refractivity contribution in [3.05, 3.63) is 22.9 Å². The van der Waals surface area contributed by atoms with Crippen LogP contribution in [0.25, 0.3) is 0 Å². The third-order valence-electron chi connectivity index (χ3n) is 2.23. The molecule has 0 radical (unpaired) electrons. The first kappa shape index (κ1) is 17.0. The van der Waals surface area contributed by atoms with Crippen molar-refractivity contribution in [1.82, 2.24) is 4.98 Å². The molecular formula is C10H8F6N2O3. The zero-order chi connectivity index (χ0) is 16.4. The van der Waals surface area contributed by atoms with E-state index in [0.29, 0.717) is 13.3 Å². The van der Waals surface area contributed by atoms with E-state index in [2.05, 4.69) is 14.5 Å². The Labute approximate surface area is 113 Å². The average Bonchev–Trinajstić information content (AvgIpc) is 2.34. The number of carbonyl (C=O) groups is 1. The highest BCUT2D eigenvalue weighted by Gasteiger charge is 2.43. The van der Waals surface area contributed by atoms with Crippen LogP contribution >= 0.6 is 0 Å². The minimum absolute atomic E-state index is 0.455. The largest absolute Gasteiger partial charge is 0.574 e. The standard InChI is InChI=1S/C10H8F6N2O3/c1-20-8(19)5-6(9(11,12)13)4(2-17)3-18-7(5)21-10(14,15)16/h3H,2,17H2,1H3. The molecule has 0 aliphatic heterocycles. The van der Waals surface area contributed by atoms with Gasteiger partial charge in [0.2, 0.25) is 5.88 Å². The normalized spacial score (nSPS) is 12.2. The molecule has 0 atom stereocenters. The summed E-state index contributed by atoms with van der Waals surface area (Å²) in [6.07, 6.45) is -10.0. The zero-order valence-corrected chi connectivity index (χ0v) is 10.3. The van der Waals surface area contributed by atoms with E-state index in [1.807, 2.05) is 0 Å². The molecule has 5 nitrogen and oxygen atoms in total. The van der Waals surface area contributed by atoms with Crippen molar-refractivity contribution >= 4 is 5.97 Å². The molecule has 118 valence electrons. The van der Waals surface area contributed by atoms with Crippen molar-refractivity contribution in [1.29, 1.82) is 0 Å². The number of pyridine rings is 1. The second-order valence-corrected chi connectivity index (χ2v) is 3.58. The number of nitrogens with zero attached hydrogens (tertiary/aromatic N) is 1. The van der Waals surface area contributed by atoms with Gasteiger partial charge in [-0.15, -0.1) is 13.2 Å². The topological polar surface area (TPSA) is 74.4 Å². The van der Waals surface area contributed by atoms with Gasteiger partial charge in [-0.25, -0.2) is 9.78 Å². The molecule has 1 aromatic heterocycles. The number of nitrogens with two attached hydrogens (primary N) is 1. The van der Waals surface area contributed by atoms with Gasteiger partial charge in [0.25, 0.3) is 0 Å². The van der Waals surface area contributed by atoms with Crippen LogP contribution in [0.2, 0.25) is 0 Å². The van der Waals surface area contributed by atoms with Crippen LogP contribution in [-0.2, 0) is 17.5 Å². The van der Waals surface area contributed by atoms with Gasteiger partial charge < -0.3 is 15.2 Å². The predicted molar refractivity (Wildman–Crippen MR) is 55.2 cm³/mol. The smallest absolute Gasteiger partial charge is 0.465 e. The number of methoxy groups -OCH3 is 1. The van der Waals surface area contributed by atoms with Crippen molar-refractivity contribution < 1.29 is 40.6 Å². The molecule has 1 aromatic rings. The molecule has 0 aliphatic rings. The van der Waals surface area contributed by atoms with E-state index in [0.717, 1.165) is 0 Å². The van der Waals surface area contributed by atoms with Gasteiger partial charge in [0.05, 0.1) is 12.7 Å². The number of ether oxygens (including phenoxy) is 2. The summed E-state index contributed by atoms with van der Waals surface area (Å²) in [6, 6.07) is 0. The van der Waals surface area contributed by atoms with Crippen LogP contribution in [0.4, 0.5) is 26.3 Å². The van der Waals surface area contributed by atoms with Gasteiger partial charge in [0.15, 0.2) is 0 Å². The van der Waals surface area contributed by atoms with Gasteiger partial charge in [-0.05, 0) is 5.56 Å². The Morgan fingerprint density at radius 1 is 1.29 bits per heavy atom. The Kier molecular flexibility index (Phi) is 4.66. The lowest BCUT2D eigenvalue weighted by atomic mass is 10.0. The Hall–Kier alpha value is -2.04. The van der Waals surface area contributed by atoms with Gasteiger partial charge in [-0.3, -0.25) is 0 Å². The van der Waals surface area contributed by atoms with Crippen molar-refractivity contribution in [2.75, 3.05) is 7.11 Å². The van der Waals surface area contributed by atoms with Gasteiger partial charge in [-0.1, -0.05) is 0 Å². The van der Waals surface area contributed by atoms with E-state index in [4.69, 9.17) is 5.73 Å². The quantitative estimate of drug-likeness (QED) is 0.683. The molecule has 0 fully saturated rings. The molecule has 11 heteroatoms. The second kappa shape index (κ2) is 5.76. The summed E-state index contributed by atoms with van der Waals surface area (Å²) in [5.41, 5.74) is 1.25. The molecular weight excluding hydrogens is 310 g/mol. The highest BCUT2D eigenvalue weighted by atomic mass is 19.4. The summed E-state index contributed by atoms with van der Waals surface area (Å²) < 4.78 is 82.9. The fourth-order valence-corrected chi connectivity index (χ4v) is 1.49. The maximum Gasteiger partial charge on any atom is 0.574 e. The first-order valence-corrected chi connectivity index (χ1v) is 5.14. The number of hydrogen-bond donors (Lipinski definition) is 1. The minimum atomic E-state index is -5.33. The van der Waals surface area contributed by atoms with Gasteiger partial charge >= 0.3 is 18.5 Å². The Bertz CT molecular complexity index is 541. The van der Waals surface area contributed by atoms with E-state index < -0.39 is 47.6 Å². The molecule has 21 heavy (non-hydrogen) atoms. The maximum absolute atomic E-state index is 13.0. The maximum atomic E-state index is 13.0. The van der Waals surface area contributed by atoms with Crippen LogP contribution in [0, 0.1) is 0 Å². The highest BCUT2D eigenvalue weighted by Crippen LogP contribution is 2.39. The molecule has 1 rings (SSSR count). The number of halogens is 6. The summed E-state index contributed by atoms with van der Waals surface area (Å²) in [4.78, 5) is 14.5. The highest BCUT2D eigenvalue weighted by molar-refractivity contribution is 5.94. The molecule has 0 spiro atoms. The van der Waals surface area contributed by atoms with Crippen molar-refractivity contribution in [3.8, 4) is 5.88 Å². The first-order chi connectivity index (χ1) is 9.51. The Balaban J connectivity index is 3.64. The zero-order valence-electron chi connectivity index (χ0n) is 10.3. The van der Waals surface area contributed by atoms with E-state index in [-0.39, 0.29) is 0 Å². The molecule has 0 saturated heterocycles. The second-order valence-electron chi connectivity index (χ2n) is 3.58. The van der Waals surface area contributed by atoms with E-state index in [1.54, 1.807) is 0 Å². The fraction of sp³-hybridized carbons (Fsp3) is 0.400. The fourth-order valence-electron chi connectivity index (χ4n) is 1.49. The van der Waals surface area contributed by atoms with Crippen LogP contribution in [-0.4, -0.2) is 24.4 Å². The van der Waals surface area contributed by atoms with E-state index in [9.17, 15) is 31.1 Å². The summed E-state index contributed by atoms with van der Waals surface area (Å²) in [5, 5.41) is 0. The van der Waals surface area contributed by atoms with Crippen LogP contribution in [0.3, 0.4) is 0 Å². The SMILES string of the molecule is COC(=O)c1c(OC(F)(F)F)ncc(CN)c1C(F)(F)F. The molecule has 0 saturated carbocycles. The van der Waals surface area contributed by atoms with Crippen LogP contribution < -0.4 is 10.5 Å². The summed E-state index contributed by atoms with van der Waals surface area (Å²) in [7, 11) is 0.703. The molecule has 0 amide bonds. The number of aromatic nitrogens is 1. The lowest BCUT2D eigenvalue weighted by molar-refractivity contribution is -0.276. The average molecular weight is 318 g/mol. The lowest BCUT2D eigenvalue weighted by Crippen LogP contribution is -2.25. The number of rotatable bonds is 3. The monoisotopic (exact) mass is 318 g/mol. The number of hydrogen-bond acceptors (Lipinski definition) is 5. The van der Waals surface area contributed by atoms with Crippen LogP contribution in [0.15, 0.2) is 6.20 Å². The molecule has 0 unspecified atom stereocenters. The first-order valence-electron chi connectivity index (χ1n) is 5.14. The van der Waals surface area contributed by atoms with Crippen molar-refractivity contribution in [2.24, 2.45) is 5.73 Å². The van der Waals surface area contributed by atoms with Gasteiger partial charge in [-0.2, -0.15) is 13.2 Å². The summed E-state index contributed by atoms with van der Waals surface area (Å²) in [6.45, 7) is -0.696.